The summed E-state index contributed by atoms with van der Waals surface area (Å²) in [5.74, 6) is 1.44. The zero-order valence-electron chi connectivity index (χ0n) is 14.6. The molecule has 1 aliphatic heterocycles. The first-order chi connectivity index (χ1) is 12.7. The maximum Gasteiger partial charge on any atom is 0.255 e. The molecule has 3 heterocycles. The predicted molar refractivity (Wildman–Crippen MR) is 96.6 cm³/mol. The van der Waals surface area contributed by atoms with E-state index in [2.05, 4.69) is 15.2 Å². The summed E-state index contributed by atoms with van der Waals surface area (Å²) >= 11 is 0. The fourth-order valence-electron chi connectivity index (χ4n) is 3.21. The van der Waals surface area contributed by atoms with Crippen LogP contribution in [0.4, 0.5) is 0 Å². The second kappa shape index (κ2) is 7.07. The molecule has 1 aromatic carbocycles. The van der Waals surface area contributed by atoms with Crippen molar-refractivity contribution in [1.82, 2.24) is 20.1 Å². The molecule has 1 saturated heterocycles. The van der Waals surface area contributed by atoms with Crippen LogP contribution in [0, 0.1) is 6.92 Å². The van der Waals surface area contributed by atoms with Gasteiger partial charge in [0.15, 0.2) is 0 Å². The standard InChI is InChI=1S/C20H20N4O2/c1-14-4-6-15(7-5-14)18-22-23-19(26-18)16-8-11-24(12-9-16)20(25)17-3-2-10-21-13-17/h2-7,10,13,16H,8-9,11-12H2,1H3. The van der Waals surface area contributed by atoms with E-state index in [1.54, 1.807) is 24.5 Å². The fraction of sp³-hybridized carbons (Fsp3) is 0.300. The monoisotopic (exact) mass is 348 g/mol. The molecule has 2 aromatic heterocycles. The summed E-state index contributed by atoms with van der Waals surface area (Å²) in [4.78, 5) is 18.4. The summed E-state index contributed by atoms with van der Waals surface area (Å²) in [5, 5.41) is 8.42. The van der Waals surface area contributed by atoms with Gasteiger partial charge in [0.1, 0.15) is 0 Å². The highest BCUT2D eigenvalue weighted by molar-refractivity contribution is 5.93. The van der Waals surface area contributed by atoms with E-state index in [9.17, 15) is 4.79 Å². The maximum absolute atomic E-state index is 12.5. The van der Waals surface area contributed by atoms with Crippen molar-refractivity contribution in [2.45, 2.75) is 25.7 Å². The smallest absolute Gasteiger partial charge is 0.255 e. The van der Waals surface area contributed by atoms with Crippen LogP contribution in [0.25, 0.3) is 11.5 Å². The summed E-state index contributed by atoms with van der Waals surface area (Å²) in [6, 6.07) is 11.6. The van der Waals surface area contributed by atoms with Crippen LogP contribution in [0.5, 0.6) is 0 Å². The van der Waals surface area contributed by atoms with E-state index in [1.807, 2.05) is 36.1 Å². The Bertz CT molecular complexity index is 882. The molecule has 132 valence electrons. The SMILES string of the molecule is Cc1ccc(-c2nnc(C3CCN(C(=O)c4cccnc4)CC3)o2)cc1. The Balaban J connectivity index is 1.41. The third-order valence-corrected chi connectivity index (χ3v) is 4.78. The van der Waals surface area contributed by atoms with Crippen molar-refractivity contribution in [3.63, 3.8) is 0 Å². The number of rotatable bonds is 3. The number of carbonyl (C=O) groups is 1. The Kier molecular flexibility index (Phi) is 4.48. The lowest BCUT2D eigenvalue weighted by atomic mass is 9.96. The molecule has 1 amide bonds. The quantitative estimate of drug-likeness (QED) is 0.725. The molecule has 0 bridgehead atoms. The van der Waals surface area contributed by atoms with E-state index in [0.717, 1.165) is 18.4 Å². The summed E-state index contributed by atoms with van der Waals surface area (Å²) in [6.07, 6.45) is 4.92. The average molecular weight is 348 g/mol. The highest BCUT2D eigenvalue weighted by atomic mass is 16.4. The maximum atomic E-state index is 12.5. The Labute approximate surface area is 151 Å². The Hall–Kier alpha value is -3.02. The fourth-order valence-corrected chi connectivity index (χ4v) is 3.21. The van der Waals surface area contributed by atoms with Gasteiger partial charge in [0.25, 0.3) is 5.91 Å². The lowest BCUT2D eigenvalue weighted by Gasteiger charge is -2.30. The van der Waals surface area contributed by atoms with Crippen LogP contribution in [0.1, 0.15) is 40.6 Å². The first-order valence-electron chi connectivity index (χ1n) is 8.80. The van der Waals surface area contributed by atoms with Crippen molar-refractivity contribution in [3.8, 4) is 11.5 Å². The average Bonchev–Trinajstić information content (AvgIpc) is 3.19. The van der Waals surface area contributed by atoms with Crippen molar-refractivity contribution in [2.75, 3.05) is 13.1 Å². The number of carbonyl (C=O) groups excluding carboxylic acids is 1. The molecule has 0 saturated carbocycles. The number of aromatic nitrogens is 3. The minimum absolute atomic E-state index is 0.0300. The topological polar surface area (TPSA) is 72.1 Å². The van der Waals surface area contributed by atoms with E-state index in [1.165, 1.54) is 5.56 Å². The van der Waals surface area contributed by atoms with E-state index >= 15 is 0 Å². The Morgan fingerprint density at radius 2 is 1.88 bits per heavy atom. The number of benzene rings is 1. The molecule has 0 spiro atoms. The lowest BCUT2D eigenvalue weighted by Crippen LogP contribution is -2.38. The molecule has 4 rings (SSSR count). The van der Waals surface area contributed by atoms with Crippen LogP contribution < -0.4 is 0 Å². The normalized spacial score (nSPS) is 15.2. The van der Waals surface area contributed by atoms with Gasteiger partial charge in [-0.05, 0) is 44.0 Å². The van der Waals surface area contributed by atoms with Crippen LogP contribution in [0.3, 0.4) is 0 Å². The molecular weight excluding hydrogens is 328 g/mol. The van der Waals surface area contributed by atoms with Crippen LogP contribution in [-0.2, 0) is 0 Å². The van der Waals surface area contributed by atoms with Gasteiger partial charge in [-0.3, -0.25) is 9.78 Å². The van der Waals surface area contributed by atoms with Gasteiger partial charge in [-0.1, -0.05) is 17.7 Å². The predicted octanol–water partition coefficient (Wildman–Crippen LogP) is 3.46. The summed E-state index contributed by atoms with van der Waals surface area (Å²) in [5.41, 5.74) is 2.75. The zero-order chi connectivity index (χ0) is 17.9. The molecule has 3 aromatic rings. The van der Waals surface area contributed by atoms with Crippen molar-refractivity contribution < 1.29 is 9.21 Å². The van der Waals surface area contributed by atoms with E-state index < -0.39 is 0 Å². The van der Waals surface area contributed by atoms with Crippen LogP contribution >= 0.6 is 0 Å². The number of piperidine rings is 1. The number of amides is 1. The Morgan fingerprint density at radius 3 is 2.58 bits per heavy atom. The first kappa shape index (κ1) is 16.4. The second-order valence-electron chi connectivity index (χ2n) is 6.62. The van der Waals surface area contributed by atoms with Crippen LogP contribution in [-0.4, -0.2) is 39.1 Å². The highest BCUT2D eigenvalue weighted by Crippen LogP contribution is 2.29. The van der Waals surface area contributed by atoms with Gasteiger partial charge >= 0.3 is 0 Å². The van der Waals surface area contributed by atoms with Gasteiger partial charge in [-0.2, -0.15) is 0 Å². The third kappa shape index (κ3) is 3.35. The molecule has 1 aliphatic rings. The third-order valence-electron chi connectivity index (χ3n) is 4.78. The van der Waals surface area contributed by atoms with Gasteiger partial charge in [0, 0.05) is 37.0 Å². The van der Waals surface area contributed by atoms with Crippen molar-refractivity contribution in [2.24, 2.45) is 0 Å². The van der Waals surface area contributed by atoms with E-state index in [0.29, 0.717) is 30.4 Å². The molecule has 1 fully saturated rings. The molecule has 6 nitrogen and oxygen atoms in total. The number of pyridine rings is 1. The molecular formula is C20H20N4O2. The van der Waals surface area contributed by atoms with Gasteiger partial charge in [-0.25, -0.2) is 0 Å². The number of hydrogen-bond acceptors (Lipinski definition) is 5. The summed E-state index contributed by atoms with van der Waals surface area (Å²) in [7, 11) is 0. The number of hydrogen-bond donors (Lipinski definition) is 0. The molecule has 0 N–H and O–H groups in total. The molecule has 0 aliphatic carbocycles. The van der Waals surface area contributed by atoms with Gasteiger partial charge in [0.05, 0.1) is 5.56 Å². The zero-order valence-corrected chi connectivity index (χ0v) is 14.6. The van der Waals surface area contributed by atoms with Crippen molar-refractivity contribution >= 4 is 5.91 Å². The van der Waals surface area contributed by atoms with Crippen LogP contribution in [0.15, 0.2) is 53.2 Å². The Morgan fingerprint density at radius 1 is 1.12 bits per heavy atom. The van der Waals surface area contributed by atoms with Gasteiger partial charge in [0.2, 0.25) is 11.8 Å². The molecule has 26 heavy (non-hydrogen) atoms. The number of likely N-dealkylation sites (tertiary alicyclic amines) is 1. The minimum atomic E-state index is 0.0300. The molecule has 0 unspecified atom stereocenters. The molecule has 0 radical (unpaired) electrons. The van der Waals surface area contributed by atoms with Gasteiger partial charge < -0.3 is 9.32 Å². The van der Waals surface area contributed by atoms with Crippen molar-refractivity contribution in [1.29, 1.82) is 0 Å². The first-order valence-corrected chi connectivity index (χ1v) is 8.80. The number of nitrogens with zero attached hydrogens (tertiary/aromatic N) is 4. The van der Waals surface area contributed by atoms with E-state index in [-0.39, 0.29) is 11.8 Å². The summed E-state index contributed by atoms with van der Waals surface area (Å²) < 4.78 is 5.89. The van der Waals surface area contributed by atoms with Crippen LogP contribution in [0.2, 0.25) is 0 Å². The van der Waals surface area contributed by atoms with Gasteiger partial charge in [-0.15, -0.1) is 10.2 Å². The van der Waals surface area contributed by atoms with E-state index in [4.69, 9.17) is 4.42 Å². The molecule has 0 atom stereocenters. The molecule has 6 heteroatoms. The number of aryl methyl sites for hydroxylation is 1. The lowest BCUT2D eigenvalue weighted by molar-refractivity contribution is 0.0706. The van der Waals surface area contributed by atoms with Crippen molar-refractivity contribution in [3.05, 3.63) is 65.8 Å². The summed E-state index contributed by atoms with van der Waals surface area (Å²) in [6.45, 7) is 3.41. The highest BCUT2D eigenvalue weighted by Gasteiger charge is 2.28. The largest absolute Gasteiger partial charge is 0.420 e. The minimum Gasteiger partial charge on any atom is -0.420 e. The second-order valence-corrected chi connectivity index (χ2v) is 6.62.